The third-order valence-electron chi connectivity index (χ3n) is 2.14. The Bertz CT molecular complexity index is 372. The summed E-state index contributed by atoms with van der Waals surface area (Å²) >= 11 is 3.38. The van der Waals surface area contributed by atoms with Crippen LogP contribution in [0.4, 0.5) is 5.69 Å². The Morgan fingerprint density at radius 3 is 2.62 bits per heavy atom. The Morgan fingerprint density at radius 2 is 2.06 bits per heavy atom. The quantitative estimate of drug-likeness (QED) is 0.893. The zero-order valence-corrected chi connectivity index (χ0v) is 11.2. The van der Waals surface area contributed by atoms with Crippen LogP contribution in [0.25, 0.3) is 0 Å². The Hall–Kier alpha value is -0.870. The van der Waals surface area contributed by atoms with Crippen molar-refractivity contribution < 1.29 is 4.79 Å². The first kappa shape index (κ1) is 13.2. The van der Waals surface area contributed by atoms with Crippen molar-refractivity contribution in [3.05, 3.63) is 28.7 Å². The Labute approximate surface area is 105 Å². The molecule has 0 heterocycles. The van der Waals surface area contributed by atoms with Crippen LogP contribution in [0.3, 0.4) is 0 Å². The molecule has 0 fully saturated rings. The molecular formula is C12H17BrN2O. The van der Waals surface area contributed by atoms with Gasteiger partial charge in [-0.05, 0) is 48.3 Å². The molecule has 0 bridgehead atoms. The lowest BCUT2D eigenvalue weighted by Crippen LogP contribution is -2.33. The maximum absolute atomic E-state index is 11.6. The second-order valence-corrected chi connectivity index (χ2v) is 5.37. The van der Waals surface area contributed by atoms with Gasteiger partial charge in [0.15, 0.2) is 0 Å². The van der Waals surface area contributed by atoms with E-state index in [-0.39, 0.29) is 11.4 Å². The third-order valence-corrected chi connectivity index (χ3v) is 2.84. The maximum Gasteiger partial charge on any atom is 0.224 e. The first-order valence-corrected chi connectivity index (χ1v) is 6.01. The van der Waals surface area contributed by atoms with Crippen molar-refractivity contribution in [1.82, 2.24) is 0 Å². The number of carbonyl (C=O) groups excluding carboxylic acids is 1. The minimum atomic E-state index is -0.300. The summed E-state index contributed by atoms with van der Waals surface area (Å²) in [6.45, 7) is 3.83. The number of halogens is 1. The number of anilines is 1. The van der Waals surface area contributed by atoms with Crippen molar-refractivity contribution in [2.45, 2.75) is 32.2 Å². The van der Waals surface area contributed by atoms with Gasteiger partial charge in [0.05, 0.1) is 5.69 Å². The second-order valence-electron chi connectivity index (χ2n) is 4.52. The molecule has 1 aromatic carbocycles. The Morgan fingerprint density at radius 1 is 1.44 bits per heavy atom. The summed E-state index contributed by atoms with van der Waals surface area (Å²) < 4.78 is 0.885. The average molecular weight is 285 g/mol. The summed E-state index contributed by atoms with van der Waals surface area (Å²) in [6.07, 6.45) is 1.11. The number of amides is 1. The molecule has 0 aliphatic carbocycles. The number of hydrogen-bond acceptors (Lipinski definition) is 2. The highest BCUT2D eigenvalue weighted by Gasteiger charge is 2.13. The lowest BCUT2D eigenvalue weighted by atomic mass is 10.00. The van der Waals surface area contributed by atoms with Crippen LogP contribution in [0.15, 0.2) is 28.7 Å². The van der Waals surface area contributed by atoms with E-state index in [1.807, 2.05) is 38.1 Å². The van der Waals surface area contributed by atoms with Gasteiger partial charge in [-0.15, -0.1) is 0 Å². The topological polar surface area (TPSA) is 55.1 Å². The molecule has 3 N–H and O–H groups in total. The normalized spacial score (nSPS) is 11.2. The first-order chi connectivity index (χ1) is 7.38. The fourth-order valence-corrected chi connectivity index (χ4v) is 1.59. The fraction of sp³-hybridized carbons (Fsp3) is 0.417. The van der Waals surface area contributed by atoms with Crippen LogP contribution in [-0.2, 0) is 4.79 Å². The van der Waals surface area contributed by atoms with E-state index in [2.05, 4.69) is 21.2 Å². The van der Waals surface area contributed by atoms with Gasteiger partial charge >= 0.3 is 0 Å². The lowest BCUT2D eigenvalue weighted by Gasteiger charge is -2.17. The fourth-order valence-electron chi connectivity index (χ4n) is 1.21. The van der Waals surface area contributed by atoms with Crippen LogP contribution >= 0.6 is 15.9 Å². The van der Waals surface area contributed by atoms with Crippen LogP contribution in [0, 0.1) is 0 Å². The smallest absolute Gasteiger partial charge is 0.224 e. The number of rotatable bonds is 4. The van der Waals surface area contributed by atoms with Crippen molar-refractivity contribution in [2.24, 2.45) is 5.73 Å². The van der Waals surface area contributed by atoms with Crippen molar-refractivity contribution in [3.63, 3.8) is 0 Å². The molecule has 0 aliphatic rings. The number of nitrogens with two attached hydrogens (primary N) is 1. The summed E-state index contributed by atoms with van der Waals surface area (Å²) in [7, 11) is 0. The Balaban J connectivity index is 2.50. The molecule has 1 amide bonds. The van der Waals surface area contributed by atoms with E-state index >= 15 is 0 Å². The molecular weight excluding hydrogens is 268 g/mol. The van der Waals surface area contributed by atoms with Crippen LogP contribution in [0.1, 0.15) is 26.7 Å². The van der Waals surface area contributed by atoms with Crippen molar-refractivity contribution >= 4 is 27.5 Å². The van der Waals surface area contributed by atoms with Crippen molar-refractivity contribution in [3.8, 4) is 0 Å². The Kier molecular flexibility index (Phi) is 4.50. The highest BCUT2D eigenvalue weighted by molar-refractivity contribution is 9.10. The zero-order valence-electron chi connectivity index (χ0n) is 9.59. The summed E-state index contributed by atoms with van der Waals surface area (Å²) in [4.78, 5) is 11.6. The predicted molar refractivity (Wildman–Crippen MR) is 70.3 cm³/mol. The van der Waals surface area contributed by atoms with Crippen LogP contribution in [0.5, 0.6) is 0 Å². The molecule has 0 spiro atoms. The van der Waals surface area contributed by atoms with Crippen molar-refractivity contribution in [1.29, 1.82) is 0 Å². The third kappa shape index (κ3) is 4.77. The molecule has 16 heavy (non-hydrogen) atoms. The number of hydrogen-bond donors (Lipinski definition) is 2. The van der Waals surface area contributed by atoms with Gasteiger partial charge in [-0.1, -0.05) is 12.1 Å². The second kappa shape index (κ2) is 5.46. The van der Waals surface area contributed by atoms with Gasteiger partial charge in [0.25, 0.3) is 0 Å². The molecule has 1 aromatic rings. The zero-order chi connectivity index (χ0) is 12.2. The van der Waals surface area contributed by atoms with Crippen LogP contribution in [-0.4, -0.2) is 11.4 Å². The molecule has 0 radical (unpaired) electrons. The lowest BCUT2D eigenvalue weighted by molar-refractivity contribution is -0.116. The van der Waals surface area contributed by atoms with Gasteiger partial charge < -0.3 is 11.1 Å². The molecule has 0 aliphatic heterocycles. The molecule has 3 nitrogen and oxygen atoms in total. The summed E-state index contributed by atoms with van der Waals surface area (Å²) in [5.41, 5.74) is 6.31. The van der Waals surface area contributed by atoms with E-state index < -0.39 is 0 Å². The van der Waals surface area contributed by atoms with Gasteiger partial charge in [-0.3, -0.25) is 4.79 Å². The molecule has 0 saturated heterocycles. The number of para-hydroxylation sites is 1. The van der Waals surface area contributed by atoms with E-state index in [1.54, 1.807) is 0 Å². The molecule has 0 unspecified atom stereocenters. The minimum absolute atomic E-state index is 0.00887. The first-order valence-electron chi connectivity index (χ1n) is 5.22. The van der Waals surface area contributed by atoms with E-state index in [9.17, 15) is 4.79 Å². The SMILES string of the molecule is CC(C)(N)CCC(=O)Nc1ccccc1Br. The van der Waals surface area contributed by atoms with Gasteiger partial charge in [0, 0.05) is 16.4 Å². The summed E-state index contributed by atoms with van der Waals surface area (Å²) in [5, 5.41) is 2.84. The monoisotopic (exact) mass is 284 g/mol. The van der Waals surface area contributed by atoms with E-state index in [1.165, 1.54) is 0 Å². The molecule has 88 valence electrons. The predicted octanol–water partition coefficient (Wildman–Crippen LogP) is 2.91. The highest BCUT2D eigenvalue weighted by Crippen LogP contribution is 2.21. The highest BCUT2D eigenvalue weighted by atomic mass is 79.9. The van der Waals surface area contributed by atoms with Crippen LogP contribution in [0.2, 0.25) is 0 Å². The van der Waals surface area contributed by atoms with Gasteiger partial charge in [0.1, 0.15) is 0 Å². The standard InChI is InChI=1S/C12H17BrN2O/c1-12(2,14)8-7-11(16)15-10-6-4-3-5-9(10)13/h3-6H,7-8,14H2,1-2H3,(H,15,16). The van der Waals surface area contributed by atoms with Crippen molar-refractivity contribution in [2.75, 3.05) is 5.32 Å². The van der Waals surface area contributed by atoms with Crippen LogP contribution < -0.4 is 11.1 Å². The van der Waals surface area contributed by atoms with Gasteiger partial charge in [-0.2, -0.15) is 0 Å². The summed E-state index contributed by atoms with van der Waals surface area (Å²) in [5.74, 6) is -0.00887. The number of nitrogens with one attached hydrogen (secondary N) is 1. The van der Waals surface area contributed by atoms with Gasteiger partial charge in [0.2, 0.25) is 5.91 Å². The molecule has 4 heteroatoms. The number of carbonyl (C=O) groups is 1. The molecule has 0 atom stereocenters. The molecule has 0 aromatic heterocycles. The van der Waals surface area contributed by atoms with E-state index in [4.69, 9.17) is 5.73 Å². The number of benzene rings is 1. The maximum atomic E-state index is 11.6. The van der Waals surface area contributed by atoms with Gasteiger partial charge in [-0.25, -0.2) is 0 Å². The van der Waals surface area contributed by atoms with E-state index in [0.29, 0.717) is 12.8 Å². The summed E-state index contributed by atoms with van der Waals surface area (Å²) in [6, 6.07) is 7.54. The molecule has 1 rings (SSSR count). The van der Waals surface area contributed by atoms with E-state index in [0.717, 1.165) is 10.2 Å². The average Bonchev–Trinajstić information content (AvgIpc) is 2.18. The molecule has 0 saturated carbocycles. The largest absolute Gasteiger partial charge is 0.326 e. The minimum Gasteiger partial charge on any atom is -0.326 e.